The molecule has 116 valence electrons. The Bertz CT molecular complexity index is 474. The maximum absolute atomic E-state index is 11.6. The molecule has 1 aromatic rings. The van der Waals surface area contributed by atoms with E-state index in [9.17, 15) is 4.79 Å². The molecule has 0 aromatic carbocycles. The van der Waals surface area contributed by atoms with Crippen LogP contribution in [0.1, 0.15) is 25.7 Å². The van der Waals surface area contributed by atoms with Crippen molar-refractivity contribution < 1.29 is 9.53 Å². The molecule has 1 amide bonds. The molecule has 5 nitrogen and oxygen atoms in total. The summed E-state index contributed by atoms with van der Waals surface area (Å²) >= 11 is 0. The molecule has 0 N–H and O–H groups in total. The summed E-state index contributed by atoms with van der Waals surface area (Å²) in [7, 11) is 1.83. The summed E-state index contributed by atoms with van der Waals surface area (Å²) in [4.78, 5) is 15.9. The number of nitrogens with zero attached hydrogens (tertiary/aromatic N) is 3. The Morgan fingerprint density at radius 2 is 2.00 bits per heavy atom. The highest BCUT2D eigenvalue weighted by atomic mass is 16.6. The quantitative estimate of drug-likeness (QED) is 0.853. The lowest BCUT2D eigenvalue weighted by Gasteiger charge is -2.25. The monoisotopic (exact) mass is 291 g/mol. The van der Waals surface area contributed by atoms with Crippen LogP contribution in [0.25, 0.3) is 0 Å². The normalized spacial score (nSPS) is 27.1. The number of aromatic nitrogens is 1. The van der Waals surface area contributed by atoms with Gasteiger partial charge in [0, 0.05) is 39.0 Å². The van der Waals surface area contributed by atoms with Gasteiger partial charge in [0.2, 0.25) is 0 Å². The molecule has 1 atom stereocenters. The minimum absolute atomic E-state index is 0.156. The van der Waals surface area contributed by atoms with Crippen molar-refractivity contribution in [1.82, 2.24) is 14.4 Å². The Morgan fingerprint density at radius 3 is 2.71 bits per heavy atom. The van der Waals surface area contributed by atoms with Crippen molar-refractivity contribution in [3.63, 3.8) is 0 Å². The van der Waals surface area contributed by atoms with Gasteiger partial charge in [-0.1, -0.05) is 0 Å². The Hall–Kier alpha value is -1.49. The Kier molecular flexibility index (Phi) is 4.19. The maximum Gasteiger partial charge on any atom is 0.410 e. The number of hydrogen-bond acceptors (Lipinski definition) is 3. The highest BCUT2D eigenvalue weighted by molar-refractivity contribution is 5.70. The molecule has 0 radical (unpaired) electrons. The first-order valence-corrected chi connectivity index (χ1v) is 7.94. The molecule has 2 aliphatic heterocycles. The van der Waals surface area contributed by atoms with Gasteiger partial charge in [0.25, 0.3) is 0 Å². The number of ether oxygens (including phenoxy) is 1. The number of likely N-dealkylation sites (N-methyl/N-ethyl adjacent to an activating group) is 1. The fourth-order valence-corrected chi connectivity index (χ4v) is 3.50. The minimum Gasteiger partial charge on any atom is -0.441 e. The van der Waals surface area contributed by atoms with Crippen LogP contribution in [-0.2, 0) is 11.3 Å². The van der Waals surface area contributed by atoms with Crippen LogP contribution in [0, 0.1) is 0 Å². The van der Waals surface area contributed by atoms with Crippen molar-refractivity contribution in [2.24, 2.45) is 0 Å². The van der Waals surface area contributed by atoms with Crippen LogP contribution >= 0.6 is 0 Å². The van der Waals surface area contributed by atoms with Crippen LogP contribution < -0.4 is 0 Å². The lowest BCUT2D eigenvalue weighted by atomic mass is 9.95. The lowest BCUT2D eigenvalue weighted by molar-refractivity contribution is 0.0444. The number of amides is 1. The lowest BCUT2D eigenvalue weighted by Crippen LogP contribution is -2.35. The molecule has 0 unspecified atom stereocenters. The van der Waals surface area contributed by atoms with Gasteiger partial charge in [-0.2, -0.15) is 0 Å². The Morgan fingerprint density at radius 1 is 1.19 bits per heavy atom. The summed E-state index contributed by atoms with van der Waals surface area (Å²) in [6.45, 7) is 5.11. The molecule has 3 rings (SSSR count). The summed E-state index contributed by atoms with van der Waals surface area (Å²) < 4.78 is 7.88. The third-order valence-electron chi connectivity index (χ3n) is 4.69. The van der Waals surface area contributed by atoms with Crippen LogP contribution in [0.3, 0.4) is 0 Å². The highest BCUT2D eigenvalue weighted by Crippen LogP contribution is 2.32. The minimum atomic E-state index is -0.221. The highest BCUT2D eigenvalue weighted by Gasteiger charge is 2.44. The number of hydrogen-bond donors (Lipinski definition) is 0. The number of carbonyl (C=O) groups excluding carboxylic acids is 1. The van der Waals surface area contributed by atoms with Gasteiger partial charge in [0.05, 0.1) is 6.54 Å². The molecule has 2 aliphatic rings. The van der Waals surface area contributed by atoms with Gasteiger partial charge < -0.3 is 19.1 Å². The maximum atomic E-state index is 11.6. The Balaban J connectivity index is 1.46. The molecular weight excluding hydrogens is 266 g/mol. The van der Waals surface area contributed by atoms with Crippen LogP contribution in [-0.4, -0.2) is 59.3 Å². The molecule has 3 heterocycles. The zero-order valence-corrected chi connectivity index (χ0v) is 12.8. The first kappa shape index (κ1) is 14.4. The summed E-state index contributed by atoms with van der Waals surface area (Å²) in [5.41, 5.74) is -0.221. The molecule has 1 spiro atoms. The van der Waals surface area contributed by atoms with E-state index in [-0.39, 0.29) is 11.7 Å². The second-order valence-electron chi connectivity index (χ2n) is 6.38. The van der Waals surface area contributed by atoms with E-state index < -0.39 is 0 Å². The van der Waals surface area contributed by atoms with Crippen LogP contribution in [0.15, 0.2) is 24.5 Å². The van der Waals surface area contributed by atoms with Crippen molar-refractivity contribution in [3.05, 3.63) is 24.5 Å². The molecule has 2 saturated heterocycles. The van der Waals surface area contributed by atoms with E-state index in [0.717, 1.165) is 52.0 Å². The van der Waals surface area contributed by atoms with Crippen LogP contribution in [0.4, 0.5) is 4.79 Å². The van der Waals surface area contributed by atoms with Gasteiger partial charge in [0.1, 0.15) is 5.60 Å². The molecule has 2 fully saturated rings. The fraction of sp³-hybridized carbons (Fsp3) is 0.688. The third-order valence-corrected chi connectivity index (χ3v) is 4.69. The van der Waals surface area contributed by atoms with E-state index in [2.05, 4.69) is 34.0 Å². The van der Waals surface area contributed by atoms with Gasteiger partial charge in [-0.25, -0.2) is 4.79 Å². The van der Waals surface area contributed by atoms with Gasteiger partial charge >= 0.3 is 6.09 Å². The average molecular weight is 291 g/mol. The molecule has 1 aromatic heterocycles. The van der Waals surface area contributed by atoms with Gasteiger partial charge in [0.15, 0.2) is 0 Å². The molecule has 21 heavy (non-hydrogen) atoms. The van der Waals surface area contributed by atoms with E-state index in [4.69, 9.17) is 4.74 Å². The standard InChI is InChI=1S/C16H25N3O2/c1-17-14-16(21-15(17)20)6-4-10-19(13-7-16)12-5-11-18-8-2-3-9-18/h2-3,8-9H,4-7,10-14H2,1H3/t16-/m1/s1. The average Bonchev–Trinajstić information content (AvgIpc) is 3.00. The summed E-state index contributed by atoms with van der Waals surface area (Å²) in [6, 6.07) is 4.14. The smallest absolute Gasteiger partial charge is 0.410 e. The Labute approximate surface area is 126 Å². The van der Waals surface area contributed by atoms with E-state index in [1.54, 1.807) is 4.90 Å². The van der Waals surface area contributed by atoms with Crippen LogP contribution in [0.5, 0.6) is 0 Å². The van der Waals surface area contributed by atoms with Crippen molar-refractivity contribution in [2.45, 2.75) is 37.8 Å². The van der Waals surface area contributed by atoms with E-state index in [1.165, 1.54) is 6.42 Å². The van der Waals surface area contributed by atoms with Gasteiger partial charge in [-0.15, -0.1) is 0 Å². The first-order valence-electron chi connectivity index (χ1n) is 7.94. The van der Waals surface area contributed by atoms with Crippen molar-refractivity contribution in [3.8, 4) is 0 Å². The molecule has 0 saturated carbocycles. The SMILES string of the molecule is CN1C[C@]2(CCCN(CCCn3cccc3)CC2)OC1=O. The molecule has 5 heteroatoms. The number of likely N-dealkylation sites (tertiary alicyclic amines) is 1. The summed E-state index contributed by atoms with van der Waals surface area (Å²) in [6.07, 6.45) is 8.32. The predicted octanol–water partition coefficient (Wildman–Crippen LogP) is 2.18. The molecule has 0 aliphatic carbocycles. The van der Waals surface area contributed by atoms with Gasteiger partial charge in [-0.3, -0.25) is 0 Å². The topological polar surface area (TPSA) is 37.7 Å². The first-order chi connectivity index (χ1) is 10.2. The summed E-state index contributed by atoms with van der Waals surface area (Å²) in [5, 5.41) is 0. The molecular formula is C16H25N3O2. The number of carbonyl (C=O) groups is 1. The second kappa shape index (κ2) is 6.10. The number of rotatable bonds is 4. The van der Waals surface area contributed by atoms with Gasteiger partial charge in [-0.05, 0) is 44.5 Å². The third kappa shape index (κ3) is 3.40. The second-order valence-corrected chi connectivity index (χ2v) is 6.38. The zero-order valence-electron chi connectivity index (χ0n) is 12.8. The van der Waals surface area contributed by atoms with Crippen molar-refractivity contribution in [2.75, 3.05) is 33.2 Å². The fourth-order valence-electron chi connectivity index (χ4n) is 3.50. The van der Waals surface area contributed by atoms with E-state index >= 15 is 0 Å². The van der Waals surface area contributed by atoms with E-state index in [0.29, 0.717) is 0 Å². The van der Waals surface area contributed by atoms with Crippen LogP contribution in [0.2, 0.25) is 0 Å². The zero-order chi connectivity index (χ0) is 14.7. The largest absolute Gasteiger partial charge is 0.441 e. The molecule has 0 bridgehead atoms. The van der Waals surface area contributed by atoms with Crippen molar-refractivity contribution in [1.29, 1.82) is 0 Å². The number of aryl methyl sites for hydroxylation is 1. The summed E-state index contributed by atoms with van der Waals surface area (Å²) in [5.74, 6) is 0. The van der Waals surface area contributed by atoms with Crippen molar-refractivity contribution >= 4 is 6.09 Å². The predicted molar refractivity (Wildman–Crippen MR) is 81.2 cm³/mol. The van der Waals surface area contributed by atoms with E-state index in [1.807, 2.05) is 7.05 Å².